The lowest BCUT2D eigenvalue weighted by molar-refractivity contribution is 0.101. The molecule has 0 unspecified atom stereocenters. The Kier molecular flexibility index (Phi) is 2.76. The van der Waals surface area contributed by atoms with Crippen LogP contribution in [0.3, 0.4) is 0 Å². The molecular weight excluding hydrogens is 278 g/mol. The van der Waals surface area contributed by atoms with Crippen LogP contribution in [0.5, 0.6) is 5.75 Å². The molecule has 102 valence electrons. The Balaban J connectivity index is 2.25. The van der Waals surface area contributed by atoms with Crippen molar-refractivity contribution in [2.75, 3.05) is 11.4 Å². The summed E-state index contributed by atoms with van der Waals surface area (Å²) in [5, 5.41) is 0. The molecule has 0 saturated carbocycles. The lowest BCUT2D eigenvalue weighted by Gasteiger charge is -2.17. The SMILES string of the molecule is COc1ccccc1N1C(=O)c2ccccc2S1(=O)=O. The fourth-order valence-electron chi connectivity index (χ4n) is 2.22. The molecule has 0 aromatic heterocycles. The number of hydrogen-bond donors (Lipinski definition) is 0. The Morgan fingerprint density at radius 1 is 1.00 bits per heavy atom. The molecule has 0 N–H and O–H groups in total. The number of anilines is 1. The van der Waals surface area contributed by atoms with Crippen molar-refractivity contribution < 1.29 is 17.9 Å². The summed E-state index contributed by atoms with van der Waals surface area (Å²) in [6.45, 7) is 0. The second kappa shape index (κ2) is 4.35. The Morgan fingerprint density at radius 2 is 1.65 bits per heavy atom. The monoisotopic (exact) mass is 289 g/mol. The van der Waals surface area contributed by atoms with Crippen molar-refractivity contribution in [3.63, 3.8) is 0 Å². The van der Waals surface area contributed by atoms with Crippen LogP contribution < -0.4 is 9.04 Å². The largest absolute Gasteiger partial charge is 0.495 e. The standard InChI is InChI=1S/C14H11NO4S/c1-19-12-8-4-3-7-11(12)15-14(16)10-6-2-5-9-13(10)20(15,17)18/h2-9H,1H3. The second-order valence-electron chi connectivity index (χ2n) is 4.24. The van der Waals surface area contributed by atoms with Crippen LogP contribution in [-0.2, 0) is 10.0 Å². The minimum Gasteiger partial charge on any atom is -0.495 e. The van der Waals surface area contributed by atoms with Crippen LogP contribution in [0, 0.1) is 0 Å². The summed E-state index contributed by atoms with van der Waals surface area (Å²) in [6.07, 6.45) is 0. The minimum atomic E-state index is -3.88. The number of sulfonamides is 1. The molecule has 0 atom stereocenters. The van der Waals surface area contributed by atoms with Gasteiger partial charge in [0.1, 0.15) is 16.3 Å². The van der Waals surface area contributed by atoms with Gasteiger partial charge in [-0.3, -0.25) is 4.79 Å². The molecule has 2 aromatic carbocycles. The van der Waals surface area contributed by atoms with E-state index in [4.69, 9.17) is 4.74 Å². The molecule has 0 aliphatic carbocycles. The molecule has 2 aromatic rings. The van der Waals surface area contributed by atoms with E-state index in [1.807, 2.05) is 0 Å². The lowest BCUT2D eigenvalue weighted by Crippen LogP contribution is -2.30. The minimum absolute atomic E-state index is 0.0240. The third-order valence-electron chi connectivity index (χ3n) is 3.12. The molecule has 0 bridgehead atoms. The van der Waals surface area contributed by atoms with Crippen molar-refractivity contribution in [1.29, 1.82) is 0 Å². The van der Waals surface area contributed by atoms with E-state index in [0.717, 1.165) is 4.31 Å². The molecule has 3 rings (SSSR count). The number of nitrogens with zero attached hydrogens (tertiary/aromatic N) is 1. The Bertz CT molecular complexity index is 798. The number of ether oxygens (including phenoxy) is 1. The highest BCUT2D eigenvalue weighted by atomic mass is 32.2. The zero-order chi connectivity index (χ0) is 14.3. The van der Waals surface area contributed by atoms with E-state index in [2.05, 4.69) is 0 Å². The molecule has 1 aliphatic rings. The molecule has 0 radical (unpaired) electrons. The van der Waals surface area contributed by atoms with E-state index in [-0.39, 0.29) is 16.1 Å². The molecule has 0 saturated heterocycles. The number of carbonyl (C=O) groups is 1. The van der Waals surface area contributed by atoms with Gasteiger partial charge in [-0.2, -0.15) is 4.31 Å². The molecule has 20 heavy (non-hydrogen) atoms. The van der Waals surface area contributed by atoms with E-state index < -0.39 is 15.9 Å². The summed E-state index contributed by atoms with van der Waals surface area (Å²) in [4.78, 5) is 12.4. The first kappa shape index (κ1) is 12.7. The highest BCUT2D eigenvalue weighted by Gasteiger charge is 2.43. The van der Waals surface area contributed by atoms with Gasteiger partial charge in [-0.05, 0) is 24.3 Å². The van der Waals surface area contributed by atoms with Crippen molar-refractivity contribution in [2.24, 2.45) is 0 Å². The molecule has 1 heterocycles. The smallest absolute Gasteiger partial charge is 0.273 e. The van der Waals surface area contributed by atoms with Crippen LogP contribution in [0.25, 0.3) is 0 Å². The van der Waals surface area contributed by atoms with Gasteiger partial charge >= 0.3 is 0 Å². The van der Waals surface area contributed by atoms with E-state index in [1.54, 1.807) is 36.4 Å². The Morgan fingerprint density at radius 3 is 2.35 bits per heavy atom. The van der Waals surface area contributed by atoms with Crippen LogP contribution in [0.2, 0.25) is 0 Å². The van der Waals surface area contributed by atoms with Gasteiger partial charge in [0.2, 0.25) is 0 Å². The summed E-state index contributed by atoms with van der Waals surface area (Å²) >= 11 is 0. The Labute approximate surface area is 116 Å². The number of para-hydroxylation sites is 2. The molecule has 1 amide bonds. The molecule has 0 spiro atoms. The van der Waals surface area contributed by atoms with Gasteiger partial charge in [0.05, 0.1) is 12.7 Å². The number of rotatable bonds is 2. The fraction of sp³-hybridized carbons (Fsp3) is 0.0714. The number of carbonyl (C=O) groups excluding carboxylic acids is 1. The highest BCUT2D eigenvalue weighted by Crippen LogP contribution is 2.38. The van der Waals surface area contributed by atoms with Gasteiger partial charge in [0, 0.05) is 0 Å². The first-order chi connectivity index (χ1) is 9.57. The summed E-state index contributed by atoms with van der Waals surface area (Å²) in [5.74, 6) is -0.234. The quantitative estimate of drug-likeness (QED) is 0.848. The number of hydrogen-bond acceptors (Lipinski definition) is 4. The van der Waals surface area contributed by atoms with Crippen LogP contribution in [-0.4, -0.2) is 21.4 Å². The zero-order valence-electron chi connectivity index (χ0n) is 10.6. The van der Waals surface area contributed by atoms with Crippen LogP contribution >= 0.6 is 0 Å². The molecular formula is C14H11NO4S. The van der Waals surface area contributed by atoms with Crippen LogP contribution in [0.15, 0.2) is 53.4 Å². The molecule has 0 fully saturated rings. The average Bonchev–Trinajstić information content (AvgIpc) is 2.67. The first-order valence-electron chi connectivity index (χ1n) is 5.89. The van der Waals surface area contributed by atoms with E-state index in [0.29, 0.717) is 5.75 Å². The van der Waals surface area contributed by atoms with Gasteiger partial charge in [-0.25, -0.2) is 8.42 Å². The Hall–Kier alpha value is -2.34. The third-order valence-corrected chi connectivity index (χ3v) is 4.88. The van der Waals surface area contributed by atoms with Crippen molar-refractivity contribution in [3.05, 3.63) is 54.1 Å². The predicted molar refractivity (Wildman–Crippen MR) is 73.4 cm³/mol. The van der Waals surface area contributed by atoms with Gasteiger partial charge in [-0.15, -0.1) is 0 Å². The number of methoxy groups -OCH3 is 1. The third kappa shape index (κ3) is 1.61. The van der Waals surface area contributed by atoms with Crippen LogP contribution in [0.1, 0.15) is 10.4 Å². The maximum absolute atomic E-state index is 12.5. The summed E-state index contributed by atoms with van der Waals surface area (Å²) in [5.41, 5.74) is 0.398. The van der Waals surface area contributed by atoms with Crippen molar-refractivity contribution >= 4 is 21.6 Å². The second-order valence-corrected chi connectivity index (χ2v) is 6.00. The number of benzene rings is 2. The van der Waals surface area contributed by atoms with Crippen molar-refractivity contribution in [3.8, 4) is 5.75 Å². The van der Waals surface area contributed by atoms with Crippen molar-refractivity contribution in [2.45, 2.75) is 4.90 Å². The van der Waals surface area contributed by atoms with Gasteiger partial charge in [0.15, 0.2) is 0 Å². The summed E-state index contributed by atoms with van der Waals surface area (Å²) in [6, 6.07) is 12.7. The highest BCUT2D eigenvalue weighted by molar-refractivity contribution is 7.94. The van der Waals surface area contributed by atoms with Crippen LogP contribution in [0.4, 0.5) is 5.69 Å². The normalized spacial score (nSPS) is 16.1. The van der Waals surface area contributed by atoms with Gasteiger partial charge in [-0.1, -0.05) is 24.3 Å². The van der Waals surface area contributed by atoms with E-state index >= 15 is 0 Å². The summed E-state index contributed by atoms with van der Waals surface area (Å²) in [7, 11) is -2.45. The fourth-order valence-corrected chi connectivity index (χ4v) is 3.83. The number of fused-ring (bicyclic) bond motifs is 1. The summed E-state index contributed by atoms with van der Waals surface area (Å²) < 4.78 is 31.0. The van der Waals surface area contributed by atoms with Gasteiger partial charge < -0.3 is 4.74 Å². The lowest BCUT2D eigenvalue weighted by atomic mass is 10.2. The maximum Gasteiger partial charge on any atom is 0.273 e. The van der Waals surface area contributed by atoms with E-state index in [9.17, 15) is 13.2 Å². The predicted octanol–water partition coefficient (Wildman–Crippen LogP) is 2.04. The zero-order valence-corrected chi connectivity index (χ0v) is 11.4. The molecule has 1 aliphatic heterocycles. The number of amides is 1. The topological polar surface area (TPSA) is 63.7 Å². The molecule has 6 heteroatoms. The average molecular weight is 289 g/mol. The van der Waals surface area contributed by atoms with E-state index in [1.165, 1.54) is 19.2 Å². The molecule has 5 nitrogen and oxygen atoms in total. The maximum atomic E-state index is 12.5. The van der Waals surface area contributed by atoms with Crippen molar-refractivity contribution in [1.82, 2.24) is 0 Å². The first-order valence-corrected chi connectivity index (χ1v) is 7.33. The van der Waals surface area contributed by atoms with Gasteiger partial charge in [0.25, 0.3) is 15.9 Å².